The van der Waals surface area contributed by atoms with E-state index in [2.05, 4.69) is 11.1 Å². The first-order valence-electron chi connectivity index (χ1n) is 5.98. The second-order valence-electron chi connectivity index (χ2n) is 5.15. The van der Waals surface area contributed by atoms with Gasteiger partial charge in [-0.3, -0.25) is 4.98 Å². The molecule has 2 atom stereocenters. The fourth-order valence-corrected chi connectivity index (χ4v) is 3.42. The number of aromatic nitrogens is 1. The first kappa shape index (κ1) is 9.34. The van der Waals surface area contributed by atoms with Gasteiger partial charge in [0.15, 0.2) is 0 Å². The van der Waals surface area contributed by atoms with Gasteiger partial charge in [-0.2, -0.15) is 0 Å². The Morgan fingerprint density at radius 3 is 2.67 bits per heavy atom. The molecule has 3 rings (SSSR count). The molecule has 0 radical (unpaired) electrons. The molecule has 1 heterocycles. The van der Waals surface area contributed by atoms with Gasteiger partial charge in [0.1, 0.15) is 0 Å². The summed E-state index contributed by atoms with van der Waals surface area (Å²) in [4.78, 5) is 4.16. The van der Waals surface area contributed by atoms with Gasteiger partial charge in [0.25, 0.3) is 0 Å². The van der Waals surface area contributed by atoms with Crippen molar-refractivity contribution in [3.05, 3.63) is 30.1 Å². The van der Waals surface area contributed by atoms with Crippen molar-refractivity contribution in [2.24, 2.45) is 17.6 Å². The van der Waals surface area contributed by atoms with Crippen LogP contribution in [0, 0.1) is 11.8 Å². The third-order valence-corrected chi connectivity index (χ3v) is 4.27. The number of hydrogen-bond acceptors (Lipinski definition) is 2. The molecule has 0 aliphatic heterocycles. The van der Waals surface area contributed by atoms with E-state index >= 15 is 0 Å². The van der Waals surface area contributed by atoms with E-state index in [0.29, 0.717) is 0 Å². The Labute approximate surface area is 90.9 Å². The minimum absolute atomic E-state index is 0.111. The lowest BCUT2D eigenvalue weighted by Gasteiger charge is -2.10. The van der Waals surface area contributed by atoms with Crippen LogP contribution in [0.25, 0.3) is 0 Å². The molecule has 2 aliphatic rings. The average Bonchev–Trinajstić information content (AvgIpc) is 2.87. The molecule has 2 aliphatic carbocycles. The molecular weight excluding hydrogens is 184 g/mol. The molecule has 0 aromatic carbocycles. The van der Waals surface area contributed by atoms with Gasteiger partial charge in [0, 0.05) is 17.9 Å². The maximum Gasteiger partial charge on any atom is 0.0300 e. The smallest absolute Gasteiger partial charge is 0.0300 e. The summed E-state index contributed by atoms with van der Waals surface area (Å²) >= 11 is 0. The lowest BCUT2D eigenvalue weighted by molar-refractivity contribution is 0.480. The van der Waals surface area contributed by atoms with Crippen molar-refractivity contribution in [2.45, 2.75) is 37.6 Å². The van der Waals surface area contributed by atoms with E-state index in [0.717, 1.165) is 18.3 Å². The number of hydrogen-bond donors (Lipinski definition) is 1. The van der Waals surface area contributed by atoms with Crippen LogP contribution < -0.4 is 5.73 Å². The first-order chi connectivity index (χ1) is 7.31. The molecule has 1 aromatic rings. The molecule has 2 N–H and O–H groups in total. The molecule has 2 nitrogen and oxygen atoms in total. The summed E-state index contributed by atoms with van der Waals surface area (Å²) in [5.41, 5.74) is 7.91. The molecule has 80 valence electrons. The first-order valence-corrected chi connectivity index (χ1v) is 5.98. The Morgan fingerprint density at radius 1 is 1.33 bits per heavy atom. The van der Waals surface area contributed by atoms with Gasteiger partial charge in [0.2, 0.25) is 0 Å². The monoisotopic (exact) mass is 202 g/mol. The van der Waals surface area contributed by atoms with Crippen molar-refractivity contribution in [1.29, 1.82) is 0 Å². The Hall–Kier alpha value is -0.890. The third kappa shape index (κ3) is 1.48. The summed E-state index contributed by atoms with van der Waals surface area (Å²) in [6, 6.07) is 4.15. The molecule has 2 heteroatoms. The van der Waals surface area contributed by atoms with E-state index in [1.54, 1.807) is 0 Å². The predicted molar refractivity (Wildman–Crippen MR) is 60.3 cm³/mol. The standard InChI is InChI=1S/C13H18N2/c14-13(8-10-4-3-7-15-9-10)11-5-1-2-6-12(11)13/h3-4,7,9,11-12H,1-2,5-6,8,14H2. The fourth-order valence-electron chi connectivity index (χ4n) is 3.42. The fraction of sp³-hybridized carbons (Fsp3) is 0.615. The van der Waals surface area contributed by atoms with Crippen LogP contribution in [0.2, 0.25) is 0 Å². The molecule has 0 amide bonds. The van der Waals surface area contributed by atoms with Gasteiger partial charge in [-0.15, -0.1) is 0 Å². The summed E-state index contributed by atoms with van der Waals surface area (Å²) in [5, 5.41) is 0. The topological polar surface area (TPSA) is 38.9 Å². The van der Waals surface area contributed by atoms with E-state index < -0.39 is 0 Å². The van der Waals surface area contributed by atoms with Gasteiger partial charge in [-0.25, -0.2) is 0 Å². The number of nitrogens with zero attached hydrogens (tertiary/aromatic N) is 1. The van der Waals surface area contributed by atoms with E-state index in [4.69, 9.17) is 5.73 Å². The van der Waals surface area contributed by atoms with Crippen LogP contribution in [-0.2, 0) is 6.42 Å². The van der Waals surface area contributed by atoms with Crippen LogP contribution in [-0.4, -0.2) is 10.5 Å². The highest BCUT2D eigenvalue weighted by Crippen LogP contribution is 2.58. The Bertz CT molecular complexity index is 335. The lowest BCUT2D eigenvalue weighted by atomic mass is 10.0. The van der Waals surface area contributed by atoms with Crippen molar-refractivity contribution in [2.75, 3.05) is 0 Å². The van der Waals surface area contributed by atoms with E-state index in [-0.39, 0.29) is 5.54 Å². The zero-order chi connectivity index (χ0) is 10.3. The van der Waals surface area contributed by atoms with Crippen molar-refractivity contribution < 1.29 is 0 Å². The van der Waals surface area contributed by atoms with E-state index in [1.165, 1.54) is 31.2 Å². The molecule has 15 heavy (non-hydrogen) atoms. The average molecular weight is 202 g/mol. The number of rotatable bonds is 2. The molecule has 0 spiro atoms. The summed E-state index contributed by atoms with van der Waals surface area (Å²) < 4.78 is 0. The van der Waals surface area contributed by atoms with Crippen LogP contribution in [0.15, 0.2) is 24.5 Å². The van der Waals surface area contributed by atoms with Gasteiger partial charge < -0.3 is 5.73 Å². The van der Waals surface area contributed by atoms with Gasteiger partial charge in [-0.1, -0.05) is 18.9 Å². The van der Waals surface area contributed by atoms with Crippen LogP contribution in [0.4, 0.5) is 0 Å². The van der Waals surface area contributed by atoms with Gasteiger partial charge in [0.05, 0.1) is 0 Å². The number of fused-ring (bicyclic) bond motifs is 1. The normalized spacial score (nSPS) is 38.5. The molecule has 2 saturated carbocycles. The second kappa shape index (κ2) is 3.31. The zero-order valence-electron chi connectivity index (χ0n) is 9.02. The number of nitrogens with two attached hydrogens (primary N) is 1. The minimum atomic E-state index is 0.111. The van der Waals surface area contributed by atoms with Gasteiger partial charge in [-0.05, 0) is 42.7 Å². The Kier molecular flexibility index (Phi) is 2.06. The quantitative estimate of drug-likeness (QED) is 0.798. The maximum absolute atomic E-state index is 6.50. The SMILES string of the molecule is NC1(Cc2cccnc2)C2CCCCC21. The lowest BCUT2D eigenvalue weighted by Crippen LogP contribution is -2.29. The Balaban J connectivity index is 1.74. The van der Waals surface area contributed by atoms with Crippen molar-refractivity contribution >= 4 is 0 Å². The van der Waals surface area contributed by atoms with Crippen LogP contribution >= 0.6 is 0 Å². The highest BCUT2D eigenvalue weighted by atomic mass is 14.9. The molecule has 0 bridgehead atoms. The Morgan fingerprint density at radius 2 is 2.07 bits per heavy atom. The highest BCUT2D eigenvalue weighted by molar-refractivity contribution is 5.24. The summed E-state index contributed by atoms with van der Waals surface area (Å²) in [5.74, 6) is 1.60. The molecule has 0 saturated heterocycles. The van der Waals surface area contributed by atoms with E-state index in [1.807, 2.05) is 18.5 Å². The van der Waals surface area contributed by atoms with Crippen molar-refractivity contribution in [3.63, 3.8) is 0 Å². The second-order valence-corrected chi connectivity index (χ2v) is 5.15. The zero-order valence-corrected chi connectivity index (χ0v) is 9.02. The third-order valence-electron chi connectivity index (χ3n) is 4.27. The molecular formula is C13H18N2. The summed E-state index contributed by atoms with van der Waals surface area (Å²) in [7, 11) is 0. The maximum atomic E-state index is 6.50. The largest absolute Gasteiger partial charge is 0.324 e. The summed E-state index contributed by atoms with van der Waals surface area (Å²) in [6.45, 7) is 0. The predicted octanol–water partition coefficient (Wildman–Crippen LogP) is 2.14. The minimum Gasteiger partial charge on any atom is -0.324 e. The highest BCUT2D eigenvalue weighted by Gasteiger charge is 2.61. The van der Waals surface area contributed by atoms with Crippen molar-refractivity contribution in [3.8, 4) is 0 Å². The number of pyridine rings is 1. The van der Waals surface area contributed by atoms with Crippen LogP contribution in [0.3, 0.4) is 0 Å². The molecule has 1 aromatic heterocycles. The molecule has 2 unspecified atom stereocenters. The van der Waals surface area contributed by atoms with Gasteiger partial charge >= 0.3 is 0 Å². The van der Waals surface area contributed by atoms with E-state index in [9.17, 15) is 0 Å². The molecule has 2 fully saturated rings. The van der Waals surface area contributed by atoms with Crippen LogP contribution in [0.5, 0.6) is 0 Å². The van der Waals surface area contributed by atoms with Crippen LogP contribution in [0.1, 0.15) is 31.2 Å². The summed E-state index contributed by atoms with van der Waals surface area (Å²) in [6.07, 6.45) is 10.3. The van der Waals surface area contributed by atoms with Crippen molar-refractivity contribution in [1.82, 2.24) is 4.98 Å².